The molecule has 0 bridgehead atoms. The molecule has 23 heavy (non-hydrogen) atoms. The smallest absolute Gasteiger partial charge is 0.353 e. The van der Waals surface area contributed by atoms with Crippen LogP contribution in [0.4, 0.5) is 5.82 Å². The molecule has 0 saturated heterocycles. The number of imidazole rings is 1. The first kappa shape index (κ1) is 17.8. The largest absolute Gasteiger partial charge is 0.382 e. The quantitative estimate of drug-likeness (QED) is 0.521. The minimum absolute atomic E-state index is 0.254. The maximum absolute atomic E-state index is 11.8. The Morgan fingerprint density at radius 2 is 2.22 bits per heavy atom. The van der Waals surface area contributed by atoms with Gasteiger partial charge in [-0.25, -0.2) is 15.0 Å². The van der Waals surface area contributed by atoms with Crippen molar-refractivity contribution in [3.63, 3.8) is 0 Å². The molecule has 0 aromatic carbocycles. The highest BCUT2D eigenvalue weighted by molar-refractivity contribution is 7.52. The maximum atomic E-state index is 11.8. The van der Waals surface area contributed by atoms with Crippen LogP contribution in [0.25, 0.3) is 11.2 Å². The van der Waals surface area contributed by atoms with Gasteiger partial charge in [0, 0.05) is 0 Å². The molecule has 2 aromatic heterocycles. The van der Waals surface area contributed by atoms with Crippen LogP contribution in [-0.4, -0.2) is 43.5 Å². The number of aromatic nitrogens is 4. The van der Waals surface area contributed by atoms with Crippen molar-refractivity contribution in [2.45, 2.75) is 39.3 Å². The third-order valence-electron chi connectivity index (χ3n) is 3.20. The van der Waals surface area contributed by atoms with Crippen LogP contribution in [0.3, 0.4) is 0 Å². The predicted octanol–water partition coefficient (Wildman–Crippen LogP) is 1.77. The number of anilines is 1. The van der Waals surface area contributed by atoms with E-state index in [2.05, 4.69) is 15.0 Å². The van der Waals surface area contributed by atoms with Gasteiger partial charge in [0.15, 0.2) is 11.5 Å². The van der Waals surface area contributed by atoms with Gasteiger partial charge in [0.2, 0.25) is 0 Å². The highest BCUT2D eigenvalue weighted by atomic mass is 31.2. The van der Waals surface area contributed by atoms with Crippen molar-refractivity contribution in [1.82, 2.24) is 19.5 Å². The zero-order chi connectivity index (χ0) is 16.9. The first-order valence-electron chi connectivity index (χ1n) is 7.42. The van der Waals surface area contributed by atoms with Crippen LogP contribution < -0.4 is 5.73 Å². The molecule has 0 spiro atoms. The average Bonchev–Trinajstić information content (AvgIpc) is 2.90. The second-order valence-electron chi connectivity index (χ2n) is 5.26. The van der Waals surface area contributed by atoms with E-state index in [1.54, 1.807) is 17.8 Å². The van der Waals surface area contributed by atoms with Crippen LogP contribution in [0, 0.1) is 0 Å². The van der Waals surface area contributed by atoms with E-state index in [-0.39, 0.29) is 19.1 Å². The highest BCUT2D eigenvalue weighted by Crippen LogP contribution is 2.42. The number of fused-ring (bicyclic) bond motifs is 1. The molecular weight excluding hydrogens is 321 g/mol. The zero-order valence-electron chi connectivity index (χ0n) is 13.3. The van der Waals surface area contributed by atoms with Gasteiger partial charge in [-0.1, -0.05) is 13.3 Å². The lowest BCUT2D eigenvalue weighted by molar-refractivity contribution is 0.0716. The zero-order valence-corrected chi connectivity index (χ0v) is 14.1. The minimum Gasteiger partial charge on any atom is -0.382 e. The lowest BCUT2D eigenvalue weighted by Crippen LogP contribution is -2.17. The monoisotopic (exact) mass is 343 g/mol. The van der Waals surface area contributed by atoms with Crippen LogP contribution in [0.15, 0.2) is 12.7 Å². The van der Waals surface area contributed by atoms with Crippen molar-refractivity contribution >= 4 is 24.6 Å². The second-order valence-corrected chi connectivity index (χ2v) is 7.05. The molecule has 0 saturated carbocycles. The Kier molecular flexibility index (Phi) is 6.06. The number of nitrogens with two attached hydrogens (primary N) is 1. The molecule has 9 nitrogen and oxygen atoms in total. The molecule has 0 amide bonds. The Morgan fingerprint density at radius 3 is 2.96 bits per heavy atom. The molecule has 1 unspecified atom stereocenters. The molecule has 2 heterocycles. The number of unbranched alkanes of at least 4 members (excludes halogenated alkanes) is 1. The number of nitrogens with zero attached hydrogens (tertiary/aromatic N) is 4. The van der Waals surface area contributed by atoms with E-state index >= 15 is 0 Å². The van der Waals surface area contributed by atoms with Crippen molar-refractivity contribution in [2.24, 2.45) is 0 Å². The SMILES string of the molecule is CCCCOP(=O)(O)CO[C@H](C)Cn1cnc2c(N)ncnc21. The van der Waals surface area contributed by atoms with E-state index in [1.165, 1.54) is 6.33 Å². The van der Waals surface area contributed by atoms with Gasteiger partial charge in [0.25, 0.3) is 0 Å². The minimum atomic E-state index is -3.71. The third kappa shape index (κ3) is 4.97. The lowest BCUT2D eigenvalue weighted by atomic mass is 10.4. The van der Waals surface area contributed by atoms with Crippen molar-refractivity contribution in [1.29, 1.82) is 0 Å². The van der Waals surface area contributed by atoms with Gasteiger partial charge >= 0.3 is 7.60 Å². The summed E-state index contributed by atoms with van der Waals surface area (Å²) in [6.07, 6.45) is 3.93. The van der Waals surface area contributed by atoms with Gasteiger partial charge < -0.3 is 24.5 Å². The van der Waals surface area contributed by atoms with Crippen LogP contribution in [0.1, 0.15) is 26.7 Å². The molecule has 2 atom stereocenters. The Bertz CT molecular complexity index is 692. The van der Waals surface area contributed by atoms with Gasteiger partial charge in [-0.15, -0.1) is 0 Å². The summed E-state index contributed by atoms with van der Waals surface area (Å²) in [4.78, 5) is 21.9. The molecule has 0 aliphatic carbocycles. The molecule has 3 N–H and O–H groups in total. The number of rotatable bonds is 9. The van der Waals surface area contributed by atoms with E-state index < -0.39 is 7.60 Å². The van der Waals surface area contributed by atoms with Crippen molar-refractivity contribution in [3.8, 4) is 0 Å². The molecule has 10 heteroatoms. The van der Waals surface area contributed by atoms with E-state index in [9.17, 15) is 9.46 Å². The Morgan fingerprint density at radius 1 is 1.43 bits per heavy atom. The molecule has 128 valence electrons. The number of hydrogen-bond donors (Lipinski definition) is 2. The maximum Gasteiger partial charge on any atom is 0.353 e. The van der Waals surface area contributed by atoms with Crippen molar-refractivity contribution in [3.05, 3.63) is 12.7 Å². The predicted molar refractivity (Wildman–Crippen MR) is 85.8 cm³/mol. The summed E-state index contributed by atoms with van der Waals surface area (Å²) in [6.45, 7) is 4.45. The van der Waals surface area contributed by atoms with E-state index in [0.717, 1.165) is 12.8 Å². The number of ether oxygens (including phenoxy) is 1. The summed E-state index contributed by atoms with van der Waals surface area (Å²) in [7, 11) is -3.71. The van der Waals surface area contributed by atoms with Gasteiger partial charge in [0.05, 0.1) is 25.6 Å². The third-order valence-corrected chi connectivity index (χ3v) is 4.26. The molecule has 2 rings (SSSR count). The molecule has 2 aromatic rings. The summed E-state index contributed by atoms with van der Waals surface area (Å²) in [5.74, 6) is 0.312. The Hall–Kier alpha value is -1.54. The fourth-order valence-corrected chi connectivity index (χ4v) is 2.90. The Balaban J connectivity index is 1.90. The normalized spacial score (nSPS) is 15.6. The average molecular weight is 343 g/mol. The highest BCUT2D eigenvalue weighted by Gasteiger charge is 2.21. The molecule has 0 radical (unpaired) electrons. The first-order valence-corrected chi connectivity index (χ1v) is 9.18. The summed E-state index contributed by atoms with van der Waals surface area (Å²) in [5, 5.41) is 0. The number of hydrogen-bond acceptors (Lipinski definition) is 7. The van der Waals surface area contributed by atoms with Gasteiger partial charge in [-0.2, -0.15) is 0 Å². The first-order chi connectivity index (χ1) is 10.9. The fraction of sp³-hybridized carbons (Fsp3) is 0.615. The van der Waals surface area contributed by atoms with Crippen molar-refractivity contribution in [2.75, 3.05) is 18.7 Å². The lowest BCUT2D eigenvalue weighted by Gasteiger charge is -2.17. The summed E-state index contributed by atoms with van der Waals surface area (Å²) >= 11 is 0. The van der Waals surface area contributed by atoms with Crippen LogP contribution in [0.2, 0.25) is 0 Å². The van der Waals surface area contributed by atoms with Crippen LogP contribution in [-0.2, 0) is 20.4 Å². The standard InChI is InChI=1S/C13H22N5O4P/c1-3-4-5-22-23(19,20)9-21-10(2)6-18-8-17-11-12(14)15-7-16-13(11)18/h7-8,10H,3-6,9H2,1-2H3,(H,19,20)(H2,14,15,16)/t10-/m1/s1. The van der Waals surface area contributed by atoms with Crippen molar-refractivity contribution < 1.29 is 18.7 Å². The van der Waals surface area contributed by atoms with E-state index in [4.69, 9.17) is 15.0 Å². The molecule has 0 fully saturated rings. The van der Waals surface area contributed by atoms with E-state index in [1.807, 2.05) is 6.92 Å². The van der Waals surface area contributed by atoms with Gasteiger partial charge in [-0.3, -0.25) is 4.57 Å². The Labute approximate surface area is 134 Å². The topological polar surface area (TPSA) is 125 Å². The van der Waals surface area contributed by atoms with Crippen LogP contribution in [0.5, 0.6) is 0 Å². The molecule has 0 aliphatic heterocycles. The van der Waals surface area contributed by atoms with E-state index in [0.29, 0.717) is 23.5 Å². The van der Waals surface area contributed by atoms with Crippen LogP contribution >= 0.6 is 7.60 Å². The second kappa shape index (κ2) is 7.83. The fourth-order valence-electron chi connectivity index (χ4n) is 1.97. The van der Waals surface area contributed by atoms with Gasteiger partial charge in [-0.05, 0) is 13.3 Å². The summed E-state index contributed by atoms with van der Waals surface area (Å²) in [6, 6.07) is 0. The molecular formula is C13H22N5O4P. The summed E-state index contributed by atoms with van der Waals surface area (Å²) in [5.41, 5.74) is 6.85. The van der Waals surface area contributed by atoms with Gasteiger partial charge in [0.1, 0.15) is 18.2 Å². The molecule has 0 aliphatic rings. The summed E-state index contributed by atoms with van der Waals surface area (Å²) < 4.78 is 24.0. The number of nitrogen functional groups attached to an aromatic ring is 1.